The van der Waals surface area contributed by atoms with E-state index in [1.807, 2.05) is 0 Å². The molecule has 0 amide bonds. The van der Waals surface area contributed by atoms with Crippen LogP contribution < -0.4 is 10.5 Å². The molecule has 0 fully saturated rings. The maximum atomic E-state index is 12.1. The van der Waals surface area contributed by atoms with Gasteiger partial charge in [-0.3, -0.25) is 0 Å². The Morgan fingerprint density at radius 2 is 2.36 bits per heavy atom. The largest absolute Gasteiger partial charge is 0.469 e. The number of fused-ring (bicyclic) bond motifs is 1. The van der Waals surface area contributed by atoms with Gasteiger partial charge in [-0.2, -0.15) is 0 Å². The Morgan fingerprint density at radius 1 is 1.60 bits per heavy atom. The number of aliphatic hydroxyl groups is 1. The minimum Gasteiger partial charge on any atom is -0.469 e. The molecule has 0 aromatic carbocycles. The highest BCUT2D eigenvalue weighted by Crippen LogP contribution is 2.32. The molecule has 25 heavy (non-hydrogen) atoms. The van der Waals surface area contributed by atoms with Crippen molar-refractivity contribution in [1.82, 2.24) is 9.97 Å². The second-order valence-corrected chi connectivity index (χ2v) is 7.19. The zero-order valence-electron chi connectivity index (χ0n) is 13.4. The highest BCUT2D eigenvalue weighted by molar-refractivity contribution is 7.12. The van der Waals surface area contributed by atoms with Gasteiger partial charge in [0.2, 0.25) is 5.88 Å². The third kappa shape index (κ3) is 3.73. The number of ether oxygens (including phenoxy) is 1. The molecule has 132 valence electrons. The van der Waals surface area contributed by atoms with E-state index in [-0.39, 0.29) is 16.6 Å². The van der Waals surface area contributed by atoms with E-state index >= 15 is 0 Å². The van der Waals surface area contributed by atoms with Crippen molar-refractivity contribution in [3.8, 4) is 5.88 Å². The maximum absolute atomic E-state index is 12.1. The number of rotatable bonds is 3. The fraction of sp³-hybridized carbons (Fsp3) is 0.333. The van der Waals surface area contributed by atoms with E-state index in [0.29, 0.717) is 22.9 Å². The van der Waals surface area contributed by atoms with Crippen molar-refractivity contribution in [3.05, 3.63) is 38.9 Å². The van der Waals surface area contributed by atoms with Gasteiger partial charge < -0.3 is 20.4 Å². The van der Waals surface area contributed by atoms with Crippen LogP contribution >= 0.6 is 22.9 Å². The van der Waals surface area contributed by atoms with E-state index in [2.05, 4.69) is 15.1 Å². The van der Waals surface area contributed by atoms with Crippen molar-refractivity contribution in [3.63, 3.8) is 0 Å². The summed E-state index contributed by atoms with van der Waals surface area (Å²) in [6, 6.07) is 1.55. The number of aliphatic hydroxyl groups excluding tert-OH is 1. The first-order valence-corrected chi connectivity index (χ1v) is 8.54. The van der Waals surface area contributed by atoms with Crippen molar-refractivity contribution in [2.45, 2.75) is 32.0 Å². The molecule has 0 spiro atoms. The van der Waals surface area contributed by atoms with Crippen LogP contribution in [0.5, 0.6) is 5.88 Å². The summed E-state index contributed by atoms with van der Waals surface area (Å²) in [6.07, 6.45) is 0.928. The summed E-state index contributed by atoms with van der Waals surface area (Å²) >= 11 is 6.88. The normalized spacial score (nSPS) is 19.0. The standard InChI is InChI=1S/C15H15ClN4O4S/c1-15(2)9(21)4-7-3-8(5-18-12(7)23-15)14(22)24-20-11(17)13-19-10(16)6-25-13/h3,5-6,9,21H,4H2,1-2H3,(H2,17,20)/t9-/m0/s1. The summed E-state index contributed by atoms with van der Waals surface area (Å²) in [6.45, 7) is 3.54. The fourth-order valence-electron chi connectivity index (χ4n) is 2.17. The van der Waals surface area contributed by atoms with Gasteiger partial charge in [0, 0.05) is 23.6 Å². The molecule has 0 unspecified atom stereocenters. The van der Waals surface area contributed by atoms with Gasteiger partial charge in [0.05, 0.1) is 11.7 Å². The lowest BCUT2D eigenvalue weighted by Crippen LogP contribution is -2.46. The number of oxime groups is 1. The van der Waals surface area contributed by atoms with Crippen LogP contribution in [0.3, 0.4) is 0 Å². The number of halogens is 1. The summed E-state index contributed by atoms with van der Waals surface area (Å²) in [5.41, 5.74) is 5.73. The molecule has 0 bridgehead atoms. The van der Waals surface area contributed by atoms with Crippen LogP contribution in [-0.4, -0.2) is 38.6 Å². The van der Waals surface area contributed by atoms with E-state index < -0.39 is 17.7 Å². The quantitative estimate of drug-likeness (QED) is 0.359. The number of carbonyl (C=O) groups excluding carboxylic acids is 1. The molecule has 0 aliphatic carbocycles. The lowest BCUT2D eigenvalue weighted by Gasteiger charge is -2.36. The second kappa shape index (κ2) is 6.58. The van der Waals surface area contributed by atoms with Crippen molar-refractivity contribution < 1.29 is 19.5 Å². The zero-order valence-corrected chi connectivity index (χ0v) is 15.0. The molecule has 8 nitrogen and oxygen atoms in total. The Balaban J connectivity index is 1.74. The van der Waals surface area contributed by atoms with Crippen molar-refractivity contribution in [1.29, 1.82) is 0 Å². The summed E-state index contributed by atoms with van der Waals surface area (Å²) < 4.78 is 5.64. The van der Waals surface area contributed by atoms with Gasteiger partial charge in [0.25, 0.3) is 0 Å². The summed E-state index contributed by atoms with van der Waals surface area (Å²) in [4.78, 5) is 25.0. The van der Waals surface area contributed by atoms with Crippen LogP contribution in [0.25, 0.3) is 0 Å². The predicted molar refractivity (Wildman–Crippen MR) is 91.9 cm³/mol. The zero-order chi connectivity index (χ0) is 18.2. The summed E-state index contributed by atoms with van der Waals surface area (Å²) in [5, 5.41) is 15.9. The molecule has 10 heteroatoms. The highest BCUT2D eigenvalue weighted by Gasteiger charge is 2.36. The van der Waals surface area contributed by atoms with E-state index in [0.717, 1.165) is 0 Å². The van der Waals surface area contributed by atoms with Crippen LogP contribution in [0, 0.1) is 0 Å². The van der Waals surface area contributed by atoms with Crippen LogP contribution in [0.4, 0.5) is 0 Å². The highest BCUT2D eigenvalue weighted by atomic mass is 35.5. The fourth-order valence-corrected chi connectivity index (χ4v) is 3.01. The van der Waals surface area contributed by atoms with Gasteiger partial charge in [0.15, 0.2) is 10.8 Å². The first-order chi connectivity index (χ1) is 11.8. The van der Waals surface area contributed by atoms with Crippen LogP contribution in [-0.2, 0) is 11.3 Å². The molecule has 2 aromatic rings. The first kappa shape index (κ1) is 17.6. The lowest BCUT2D eigenvalue weighted by molar-refractivity contribution is -0.0443. The van der Waals surface area contributed by atoms with Gasteiger partial charge in [0.1, 0.15) is 10.8 Å². The Morgan fingerprint density at radius 3 is 3.04 bits per heavy atom. The number of nitrogens with two attached hydrogens (primary N) is 1. The van der Waals surface area contributed by atoms with E-state index in [9.17, 15) is 9.90 Å². The summed E-state index contributed by atoms with van der Waals surface area (Å²) in [7, 11) is 0. The SMILES string of the molecule is CC1(C)Oc2ncc(C(=O)O/N=C(/N)c3nc(Cl)cs3)cc2C[C@@H]1O. The maximum Gasteiger partial charge on any atom is 0.367 e. The lowest BCUT2D eigenvalue weighted by atomic mass is 9.92. The van der Waals surface area contributed by atoms with Gasteiger partial charge in [-0.1, -0.05) is 16.8 Å². The second-order valence-electron chi connectivity index (χ2n) is 5.94. The van der Waals surface area contributed by atoms with Gasteiger partial charge in [-0.05, 0) is 19.9 Å². The topological polar surface area (TPSA) is 120 Å². The number of aromatic nitrogens is 2. The van der Waals surface area contributed by atoms with Gasteiger partial charge >= 0.3 is 5.97 Å². The molecule has 0 saturated carbocycles. The summed E-state index contributed by atoms with van der Waals surface area (Å²) in [5.74, 6) is -0.413. The third-order valence-electron chi connectivity index (χ3n) is 3.66. The Labute approximate surface area is 152 Å². The van der Waals surface area contributed by atoms with Crippen LogP contribution in [0.15, 0.2) is 22.8 Å². The molecule has 3 N–H and O–H groups in total. The minimum absolute atomic E-state index is 0.0586. The smallest absolute Gasteiger partial charge is 0.367 e. The number of hydrogen-bond acceptors (Lipinski definition) is 8. The van der Waals surface area contributed by atoms with Crippen molar-refractivity contribution in [2.24, 2.45) is 10.9 Å². The monoisotopic (exact) mass is 382 g/mol. The number of hydrogen-bond donors (Lipinski definition) is 2. The van der Waals surface area contributed by atoms with Gasteiger partial charge in [-0.25, -0.2) is 14.8 Å². The van der Waals surface area contributed by atoms with E-state index in [4.69, 9.17) is 26.9 Å². The number of amidine groups is 1. The van der Waals surface area contributed by atoms with Crippen molar-refractivity contribution >= 4 is 34.7 Å². The molecule has 1 aliphatic rings. The van der Waals surface area contributed by atoms with E-state index in [1.165, 1.54) is 17.5 Å². The molecule has 1 aliphatic heterocycles. The Kier molecular flexibility index (Phi) is 4.63. The number of nitrogens with zero attached hydrogens (tertiary/aromatic N) is 3. The molecule has 1 atom stereocenters. The Bertz CT molecular complexity index is 852. The average molecular weight is 383 g/mol. The number of carbonyl (C=O) groups is 1. The molecular weight excluding hydrogens is 368 g/mol. The van der Waals surface area contributed by atoms with Gasteiger partial charge in [-0.15, -0.1) is 11.3 Å². The van der Waals surface area contributed by atoms with E-state index in [1.54, 1.807) is 25.3 Å². The Hall–Kier alpha value is -2.23. The molecule has 0 radical (unpaired) electrons. The average Bonchev–Trinajstić information content (AvgIpc) is 2.99. The molecule has 2 aromatic heterocycles. The molecule has 0 saturated heterocycles. The number of pyridine rings is 1. The first-order valence-electron chi connectivity index (χ1n) is 7.28. The minimum atomic E-state index is -0.740. The molecular formula is C15H15ClN4O4S. The molecule has 3 rings (SSSR count). The molecule has 3 heterocycles. The third-order valence-corrected chi connectivity index (χ3v) is 4.85. The van der Waals surface area contributed by atoms with Crippen LogP contribution in [0.2, 0.25) is 5.15 Å². The van der Waals surface area contributed by atoms with Crippen molar-refractivity contribution in [2.75, 3.05) is 0 Å². The predicted octanol–water partition coefficient (Wildman–Crippen LogP) is 1.74. The number of thiazole rings is 1. The van der Waals surface area contributed by atoms with Crippen LogP contribution in [0.1, 0.15) is 34.8 Å².